The Labute approximate surface area is 124 Å². The molecule has 0 bridgehead atoms. The summed E-state index contributed by atoms with van der Waals surface area (Å²) in [5, 5.41) is 9.47. The summed E-state index contributed by atoms with van der Waals surface area (Å²) >= 11 is 0. The molecule has 1 aromatic rings. The van der Waals surface area contributed by atoms with Crippen molar-refractivity contribution in [3.63, 3.8) is 0 Å². The van der Waals surface area contributed by atoms with Crippen molar-refractivity contribution in [1.29, 1.82) is 0 Å². The van der Waals surface area contributed by atoms with E-state index in [0.29, 0.717) is 13.0 Å². The van der Waals surface area contributed by atoms with Gasteiger partial charge in [0.25, 0.3) is 0 Å². The molecule has 4 nitrogen and oxygen atoms in total. The number of carboxylic acids is 1. The largest absolute Gasteiger partial charge is 0.480 e. The minimum Gasteiger partial charge on any atom is -0.480 e. The molecule has 0 aromatic heterocycles. The highest BCUT2D eigenvalue weighted by Gasteiger charge is 2.37. The molecule has 2 atom stereocenters. The maximum Gasteiger partial charge on any atom is 0.326 e. The molecule has 0 radical (unpaired) electrons. The first-order valence-corrected chi connectivity index (χ1v) is 7.42. The number of hydrogen-bond donors (Lipinski definition) is 1. The normalized spacial score (nSPS) is 24.5. The molecule has 1 amide bonds. The molecule has 1 aliphatic heterocycles. The molecular formula is C17H19NO3. The van der Waals surface area contributed by atoms with Crippen LogP contribution < -0.4 is 0 Å². The summed E-state index contributed by atoms with van der Waals surface area (Å²) in [6.07, 6.45) is 6.96. The minimum absolute atomic E-state index is 0.0127. The standard InChI is InChI=1S/C17H19NO3/c19-16(12-6-2-1-3-7-12)18-11-14-9-5-4-8-13(14)10-15(18)17(20)21/h1-2,4-5,8-9,12,15H,3,6-7,10-11H2,(H,20,21). The van der Waals surface area contributed by atoms with Crippen molar-refractivity contribution >= 4 is 11.9 Å². The molecule has 1 aromatic carbocycles. The molecular weight excluding hydrogens is 266 g/mol. The predicted octanol–water partition coefficient (Wildman–Crippen LogP) is 2.38. The van der Waals surface area contributed by atoms with Crippen LogP contribution in [0.3, 0.4) is 0 Å². The van der Waals surface area contributed by atoms with Crippen LogP contribution in [0.15, 0.2) is 36.4 Å². The van der Waals surface area contributed by atoms with Gasteiger partial charge in [-0.15, -0.1) is 0 Å². The number of amides is 1. The Bertz CT molecular complexity index is 593. The fraction of sp³-hybridized carbons (Fsp3) is 0.412. The quantitative estimate of drug-likeness (QED) is 0.849. The first-order valence-electron chi connectivity index (χ1n) is 7.42. The minimum atomic E-state index is -0.913. The van der Waals surface area contributed by atoms with Crippen LogP contribution in [0.1, 0.15) is 30.4 Å². The summed E-state index contributed by atoms with van der Waals surface area (Å²) in [5.74, 6) is -0.993. The molecule has 0 saturated carbocycles. The molecule has 1 heterocycles. The van der Waals surface area contributed by atoms with E-state index in [0.717, 1.165) is 30.4 Å². The van der Waals surface area contributed by atoms with E-state index in [-0.39, 0.29) is 11.8 Å². The fourth-order valence-electron chi connectivity index (χ4n) is 3.23. The smallest absolute Gasteiger partial charge is 0.326 e. The van der Waals surface area contributed by atoms with E-state index in [1.165, 1.54) is 0 Å². The number of fused-ring (bicyclic) bond motifs is 1. The molecule has 0 spiro atoms. The second kappa shape index (κ2) is 5.72. The second-order valence-corrected chi connectivity index (χ2v) is 5.77. The number of nitrogens with zero attached hydrogens (tertiary/aromatic N) is 1. The highest BCUT2D eigenvalue weighted by atomic mass is 16.4. The Morgan fingerprint density at radius 3 is 2.57 bits per heavy atom. The number of allylic oxidation sites excluding steroid dienone is 2. The summed E-state index contributed by atoms with van der Waals surface area (Å²) < 4.78 is 0. The fourth-order valence-corrected chi connectivity index (χ4v) is 3.23. The van der Waals surface area contributed by atoms with Crippen LogP contribution in [0, 0.1) is 5.92 Å². The molecule has 0 fully saturated rings. The van der Waals surface area contributed by atoms with Crippen molar-refractivity contribution in [3.05, 3.63) is 47.5 Å². The molecule has 3 rings (SSSR count). The predicted molar refractivity (Wildman–Crippen MR) is 78.6 cm³/mol. The Hall–Kier alpha value is -2.10. The van der Waals surface area contributed by atoms with Gasteiger partial charge in [0.2, 0.25) is 5.91 Å². The van der Waals surface area contributed by atoms with Gasteiger partial charge < -0.3 is 10.0 Å². The summed E-state index contributed by atoms with van der Waals surface area (Å²) in [4.78, 5) is 25.8. The molecule has 2 unspecified atom stereocenters. The zero-order valence-electron chi connectivity index (χ0n) is 11.9. The van der Waals surface area contributed by atoms with Crippen molar-refractivity contribution in [1.82, 2.24) is 4.90 Å². The van der Waals surface area contributed by atoms with E-state index < -0.39 is 12.0 Å². The summed E-state index contributed by atoms with van der Waals surface area (Å²) in [7, 11) is 0. The number of aliphatic carboxylic acids is 1. The first-order chi connectivity index (χ1) is 10.2. The van der Waals surface area contributed by atoms with Gasteiger partial charge in [0, 0.05) is 18.9 Å². The molecule has 21 heavy (non-hydrogen) atoms. The van der Waals surface area contributed by atoms with Crippen LogP contribution in [0.25, 0.3) is 0 Å². The van der Waals surface area contributed by atoms with E-state index >= 15 is 0 Å². The maximum absolute atomic E-state index is 12.7. The van der Waals surface area contributed by atoms with Crippen molar-refractivity contribution in [3.8, 4) is 0 Å². The van der Waals surface area contributed by atoms with Gasteiger partial charge in [-0.25, -0.2) is 4.79 Å². The highest BCUT2D eigenvalue weighted by molar-refractivity contribution is 5.86. The Kier molecular flexibility index (Phi) is 3.78. The van der Waals surface area contributed by atoms with Gasteiger partial charge in [-0.3, -0.25) is 4.79 Å². The molecule has 2 aliphatic rings. The summed E-state index contributed by atoms with van der Waals surface area (Å²) in [5.41, 5.74) is 2.10. The van der Waals surface area contributed by atoms with Crippen LogP contribution in [-0.2, 0) is 22.6 Å². The van der Waals surface area contributed by atoms with Crippen molar-refractivity contribution < 1.29 is 14.7 Å². The zero-order chi connectivity index (χ0) is 14.8. The van der Waals surface area contributed by atoms with E-state index in [1.807, 2.05) is 30.3 Å². The van der Waals surface area contributed by atoms with Gasteiger partial charge in [-0.1, -0.05) is 36.4 Å². The van der Waals surface area contributed by atoms with Crippen molar-refractivity contribution in [2.45, 2.75) is 38.3 Å². The third-order valence-corrected chi connectivity index (χ3v) is 4.44. The van der Waals surface area contributed by atoms with Crippen LogP contribution >= 0.6 is 0 Å². The lowest BCUT2D eigenvalue weighted by Crippen LogP contribution is -2.50. The zero-order valence-corrected chi connectivity index (χ0v) is 11.9. The van der Waals surface area contributed by atoms with Gasteiger partial charge in [0.05, 0.1) is 0 Å². The van der Waals surface area contributed by atoms with Crippen LogP contribution in [0.5, 0.6) is 0 Å². The summed E-state index contributed by atoms with van der Waals surface area (Å²) in [6.45, 7) is 0.409. The number of carbonyl (C=O) groups excluding carboxylic acids is 1. The monoisotopic (exact) mass is 285 g/mol. The Morgan fingerprint density at radius 2 is 1.90 bits per heavy atom. The van der Waals surface area contributed by atoms with Gasteiger partial charge in [-0.05, 0) is 30.4 Å². The van der Waals surface area contributed by atoms with Crippen LogP contribution in [0.2, 0.25) is 0 Å². The topological polar surface area (TPSA) is 57.6 Å². The van der Waals surface area contributed by atoms with Gasteiger partial charge in [-0.2, -0.15) is 0 Å². The van der Waals surface area contributed by atoms with Gasteiger partial charge in [0.1, 0.15) is 6.04 Å². The molecule has 1 aliphatic carbocycles. The van der Waals surface area contributed by atoms with E-state index in [1.54, 1.807) is 4.90 Å². The molecule has 110 valence electrons. The third-order valence-electron chi connectivity index (χ3n) is 4.44. The lowest BCUT2D eigenvalue weighted by Gasteiger charge is -2.36. The average Bonchev–Trinajstić information content (AvgIpc) is 2.53. The maximum atomic E-state index is 12.7. The second-order valence-electron chi connectivity index (χ2n) is 5.77. The van der Waals surface area contributed by atoms with Gasteiger partial charge >= 0.3 is 5.97 Å². The summed E-state index contributed by atoms with van der Waals surface area (Å²) in [6, 6.07) is 7.05. The molecule has 1 N–H and O–H groups in total. The first kappa shape index (κ1) is 13.9. The van der Waals surface area contributed by atoms with Crippen molar-refractivity contribution in [2.24, 2.45) is 5.92 Å². The van der Waals surface area contributed by atoms with Crippen LogP contribution in [0.4, 0.5) is 0 Å². The molecule has 4 heteroatoms. The highest BCUT2D eigenvalue weighted by Crippen LogP contribution is 2.28. The van der Waals surface area contributed by atoms with Gasteiger partial charge in [0.15, 0.2) is 0 Å². The molecule has 0 saturated heterocycles. The average molecular weight is 285 g/mol. The number of rotatable bonds is 2. The van der Waals surface area contributed by atoms with E-state index in [2.05, 4.69) is 6.08 Å². The third kappa shape index (κ3) is 2.71. The van der Waals surface area contributed by atoms with Crippen molar-refractivity contribution in [2.75, 3.05) is 0 Å². The van der Waals surface area contributed by atoms with Crippen LogP contribution in [-0.4, -0.2) is 27.9 Å². The lowest BCUT2D eigenvalue weighted by atomic mass is 9.89. The Morgan fingerprint density at radius 1 is 1.14 bits per heavy atom. The number of benzene rings is 1. The SMILES string of the molecule is O=C(O)C1Cc2ccccc2CN1C(=O)C1CC=CCC1. The number of hydrogen-bond acceptors (Lipinski definition) is 2. The number of carboxylic acid groups (broad SMARTS) is 1. The lowest BCUT2D eigenvalue weighted by molar-refractivity contribution is -0.153. The Balaban J connectivity index is 1.87. The van der Waals surface area contributed by atoms with E-state index in [9.17, 15) is 14.7 Å². The number of carbonyl (C=O) groups is 2. The van der Waals surface area contributed by atoms with E-state index in [4.69, 9.17) is 0 Å².